The van der Waals surface area contributed by atoms with Crippen LogP contribution in [0.15, 0.2) is 48.5 Å². The summed E-state index contributed by atoms with van der Waals surface area (Å²) in [7, 11) is 2.13. The Bertz CT molecular complexity index is 993. The number of carbonyl (C=O) groups excluding carboxylic acids is 1. The highest BCUT2D eigenvalue weighted by Gasteiger charge is 2.25. The molecule has 0 saturated carbocycles. The number of nitrogens with zero attached hydrogens (tertiary/aromatic N) is 2. The van der Waals surface area contributed by atoms with E-state index in [9.17, 15) is 9.18 Å². The van der Waals surface area contributed by atoms with E-state index in [-0.39, 0.29) is 17.8 Å². The highest BCUT2D eigenvalue weighted by molar-refractivity contribution is 6.08. The minimum absolute atomic E-state index is 0.107. The number of aromatic amines is 1. The van der Waals surface area contributed by atoms with Gasteiger partial charge in [0.05, 0.1) is 11.6 Å². The van der Waals surface area contributed by atoms with Gasteiger partial charge in [0.15, 0.2) is 0 Å². The summed E-state index contributed by atoms with van der Waals surface area (Å²) in [5.74, 6) is -0.514. The first-order valence-electron chi connectivity index (χ1n) is 10.1. The Labute approximate surface area is 170 Å². The number of likely N-dealkylation sites (N-methyl/N-ethyl adjacent to an activating group) is 1. The molecule has 2 heterocycles. The van der Waals surface area contributed by atoms with Gasteiger partial charge in [-0.25, -0.2) is 4.39 Å². The molecule has 1 saturated heterocycles. The van der Waals surface area contributed by atoms with Gasteiger partial charge in [0, 0.05) is 49.3 Å². The van der Waals surface area contributed by atoms with Crippen molar-refractivity contribution in [2.75, 3.05) is 39.8 Å². The lowest BCUT2D eigenvalue weighted by molar-refractivity contribution is 0.0887. The Kier molecular flexibility index (Phi) is 5.65. The molecule has 0 bridgehead atoms. The number of aromatic nitrogens is 1. The number of nitrogens with one attached hydrogen (secondary N) is 2. The number of carbonyl (C=O) groups is 1. The number of H-pyrrole nitrogens is 1. The van der Waals surface area contributed by atoms with Gasteiger partial charge in [0.2, 0.25) is 0 Å². The first-order chi connectivity index (χ1) is 14.0. The molecule has 1 amide bonds. The molecule has 6 heteroatoms. The van der Waals surface area contributed by atoms with Crippen LogP contribution in [0.25, 0.3) is 10.9 Å². The van der Waals surface area contributed by atoms with Crippen molar-refractivity contribution in [3.63, 3.8) is 0 Å². The molecule has 2 aromatic carbocycles. The molecule has 1 fully saturated rings. The third-order valence-corrected chi connectivity index (χ3v) is 5.79. The largest absolute Gasteiger partial charge is 0.358 e. The number of amides is 1. The number of halogens is 1. The van der Waals surface area contributed by atoms with E-state index in [0.717, 1.165) is 37.4 Å². The summed E-state index contributed by atoms with van der Waals surface area (Å²) in [6.45, 7) is 6.30. The smallest absolute Gasteiger partial charge is 0.253 e. The molecule has 3 aromatic rings. The highest BCUT2D eigenvalue weighted by Crippen LogP contribution is 2.25. The van der Waals surface area contributed by atoms with Gasteiger partial charge >= 0.3 is 0 Å². The quantitative estimate of drug-likeness (QED) is 0.698. The fourth-order valence-electron chi connectivity index (χ4n) is 4.14. The number of aryl methyl sites for hydroxylation is 1. The second-order valence-electron chi connectivity index (χ2n) is 7.79. The fraction of sp³-hybridized carbons (Fsp3) is 0.348. The van der Waals surface area contributed by atoms with Crippen LogP contribution in [-0.4, -0.2) is 60.5 Å². The molecule has 0 aliphatic carbocycles. The predicted octanol–water partition coefficient (Wildman–Crippen LogP) is 3.33. The Hall–Kier alpha value is -2.70. The van der Waals surface area contributed by atoms with E-state index in [2.05, 4.69) is 39.3 Å². The zero-order chi connectivity index (χ0) is 20.4. The van der Waals surface area contributed by atoms with E-state index in [1.54, 1.807) is 6.07 Å². The standard InChI is InChI=1S/C23H27FN4O/c1-16-22(19-14-18(24)8-9-20(19)26-16)23(29)25-15-21(17-6-4-3-5-7-17)28-12-10-27(2)11-13-28/h3-9,14,21,26H,10-13,15H2,1-2H3,(H,25,29). The first-order valence-corrected chi connectivity index (χ1v) is 10.1. The van der Waals surface area contributed by atoms with Crippen molar-refractivity contribution in [3.05, 3.63) is 71.2 Å². The molecule has 1 aromatic heterocycles. The van der Waals surface area contributed by atoms with Gasteiger partial charge in [0.1, 0.15) is 5.82 Å². The van der Waals surface area contributed by atoms with Crippen LogP contribution in [0.2, 0.25) is 0 Å². The van der Waals surface area contributed by atoms with E-state index in [0.29, 0.717) is 17.5 Å². The van der Waals surface area contributed by atoms with Gasteiger partial charge in [0.25, 0.3) is 5.91 Å². The van der Waals surface area contributed by atoms with Crippen LogP contribution >= 0.6 is 0 Å². The Morgan fingerprint density at radius 2 is 1.86 bits per heavy atom. The number of rotatable bonds is 5. The lowest BCUT2D eigenvalue weighted by atomic mass is 10.0. The number of fused-ring (bicyclic) bond motifs is 1. The Balaban J connectivity index is 1.55. The molecule has 29 heavy (non-hydrogen) atoms. The SMILES string of the molecule is Cc1[nH]c2ccc(F)cc2c1C(=O)NCC(c1ccccc1)N1CCN(C)CC1. The monoisotopic (exact) mass is 394 g/mol. The zero-order valence-corrected chi connectivity index (χ0v) is 16.9. The summed E-state index contributed by atoms with van der Waals surface area (Å²) >= 11 is 0. The van der Waals surface area contributed by atoms with Crippen molar-refractivity contribution in [2.24, 2.45) is 0 Å². The molecule has 4 rings (SSSR count). The second-order valence-corrected chi connectivity index (χ2v) is 7.79. The van der Waals surface area contributed by atoms with Crippen LogP contribution in [0.5, 0.6) is 0 Å². The maximum atomic E-state index is 13.7. The third kappa shape index (κ3) is 4.18. The van der Waals surface area contributed by atoms with E-state index in [1.807, 2.05) is 25.1 Å². The molecule has 0 radical (unpaired) electrons. The van der Waals surface area contributed by atoms with Crippen LogP contribution < -0.4 is 5.32 Å². The number of benzene rings is 2. The van der Waals surface area contributed by atoms with Crippen LogP contribution in [0.1, 0.15) is 27.7 Å². The summed E-state index contributed by atoms with van der Waals surface area (Å²) in [4.78, 5) is 21.0. The summed E-state index contributed by atoms with van der Waals surface area (Å²) in [5, 5.41) is 3.73. The lowest BCUT2D eigenvalue weighted by Crippen LogP contribution is -2.48. The molecule has 1 unspecified atom stereocenters. The van der Waals surface area contributed by atoms with E-state index in [4.69, 9.17) is 0 Å². The molecule has 5 nitrogen and oxygen atoms in total. The van der Waals surface area contributed by atoms with Crippen molar-refractivity contribution in [2.45, 2.75) is 13.0 Å². The van der Waals surface area contributed by atoms with E-state index >= 15 is 0 Å². The number of hydrogen-bond acceptors (Lipinski definition) is 3. The minimum atomic E-state index is -0.342. The maximum Gasteiger partial charge on any atom is 0.253 e. The van der Waals surface area contributed by atoms with Crippen LogP contribution in [0.4, 0.5) is 4.39 Å². The molecule has 1 aliphatic rings. The summed E-state index contributed by atoms with van der Waals surface area (Å²) in [6.07, 6.45) is 0. The molecular weight excluding hydrogens is 367 g/mol. The normalized spacial score (nSPS) is 16.8. The summed E-state index contributed by atoms with van der Waals surface area (Å²) in [6, 6.07) is 14.9. The van der Waals surface area contributed by atoms with Gasteiger partial charge in [-0.3, -0.25) is 9.69 Å². The average molecular weight is 394 g/mol. The summed E-state index contributed by atoms with van der Waals surface area (Å²) < 4.78 is 13.7. The highest BCUT2D eigenvalue weighted by atomic mass is 19.1. The molecule has 1 atom stereocenters. The van der Waals surface area contributed by atoms with Gasteiger partial charge in [-0.05, 0) is 37.7 Å². The molecule has 152 valence electrons. The van der Waals surface area contributed by atoms with Gasteiger partial charge < -0.3 is 15.2 Å². The van der Waals surface area contributed by atoms with Crippen molar-refractivity contribution in [3.8, 4) is 0 Å². The Morgan fingerprint density at radius 1 is 1.14 bits per heavy atom. The Morgan fingerprint density at radius 3 is 2.59 bits per heavy atom. The second kappa shape index (κ2) is 8.35. The first kappa shape index (κ1) is 19.6. The van der Waals surface area contributed by atoms with Gasteiger partial charge in [-0.1, -0.05) is 30.3 Å². The number of piperazine rings is 1. The topological polar surface area (TPSA) is 51.4 Å². The zero-order valence-electron chi connectivity index (χ0n) is 16.9. The fourth-order valence-corrected chi connectivity index (χ4v) is 4.14. The van der Waals surface area contributed by atoms with E-state index in [1.165, 1.54) is 17.7 Å². The van der Waals surface area contributed by atoms with Crippen molar-refractivity contribution >= 4 is 16.8 Å². The van der Waals surface area contributed by atoms with Crippen molar-refractivity contribution in [1.29, 1.82) is 0 Å². The predicted molar refractivity (Wildman–Crippen MR) is 114 cm³/mol. The van der Waals surface area contributed by atoms with Crippen LogP contribution in [0.3, 0.4) is 0 Å². The molecule has 0 spiro atoms. The van der Waals surface area contributed by atoms with E-state index < -0.39 is 0 Å². The summed E-state index contributed by atoms with van der Waals surface area (Å²) in [5.41, 5.74) is 3.23. The number of hydrogen-bond donors (Lipinski definition) is 2. The molecule has 2 N–H and O–H groups in total. The van der Waals surface area contributed by atoms with Crippen molar-refractivity contribution < 1.29 is 9.18 Å². The van der Waals surface area contributed by atoms with Gasteiger partial charge in [-0.2, -0.15) is 0 Å². The molecular formula is C23H27FN4O. The maximum absolute atomic E-state index is 13.7. The van der Waals surface area contributed by atoms with Crippen LogP contribution in [0, 0.1) is 12.7 Å². The van der Waals surface area contributed by atoms with Gasteiger partial charge in [-0.15, -0.1) is 0 Å². The third-order valence-electron chi connectivity index (χ3n) is 5.79. The minimum Gasteiger partial charge on any atom is -0.358 e. The molecule has 1 aliphatic heterocycles. The average Bonchev–Trinajstić information content (AvgIpc) is 3.05. The lowest BCUT2D eigenvalue weighted by Gasteiger charge is -2.38. The van der Waals surface area contributed by atoms with Crippen molar-refractivity contribution in [1.82, 2.24) is 20.1 Å². The van der Waals surface area contributed by atoms with Crippen LogP contribution in [-0.2, 0) is 0 Å².